The Morgan fingerprint density at radius 3 is 2.50 bits per heavy atom. The zero-order chi connectivity index (χ0) is 25.9. The lowest BCUT2D eigenvalue weighted by molar-refractivity contribution is -0.137. The van der Waals surface area contributed by atoms with Gasteiger partial charge in [-0.3, -0.25) is 4.79 Å². The van der Waals surface area contributed by atoms with Crippen molar-refractivity contribution in [2.75, 3.05) is 32.1 Å². The van der Waals surface area contributed by atoms with Crippen molar-refractivity contribution in [1.82, 2.24) is 14.9 Å². The second-order valence-corrected chi connectivity index (χ2v) is 9.34. The van der Waals surface area contributed by atoms with Crippen LogP contribution in [0.4, 0.5) is 19.0 Å². The number of nitrogens with zero attached hydrogens (tertiary/aromatic N) is 3. The van der Waals surface area contributed by atoms with Crippen molar-refractivity contribution in [3.63, 3.8) is 0 Å². The summed E-state index contributed by atoms with van der Waals surface area (Å²) in [4.78, 5) is 23.6. The molecule has 36 heavy (non-hydrogen) atoms. The van der Waals surface area contributed by atoms with E-state index in [1.54, 1.807) is 11.8 Å². The van der Waals surface area contributed by atoms with Gasteiger partial charge in [0.15, 0.2) is 0 Å². The second kappa shape index (κ2) is 11.0. The Morgan fingerprint density at radius 2 is 1.86 bits per heavy atom. The summed E-state index contributed by atoms with van der Waals surface area (Å²) in [6, 6.07) is 5.33. The molecule has 2 aliphatic rings. The smallest absolute Gasteiger partial charge is 0.416 e. The number of halogens is 3. The SMILES string of the molecule is COc1nc(NC[C@H]2CCC[C@@H](c3ccc(C(F)(F)F)cc3)O2)c(C)c(C(=O)N2CCC(N)CC2)n1. The van der Waals surface area contributed by atoms with Gasteiger partial charge in [0.05, 0.1) is 24.9 Å². The molecular weight excluding hydrogens is 475 g/mol. The third-order valence-electron chi connectivity index (χ3n) is 6.79. The predicted octanol–water partition coefficient (Wildman–Crippen LogP) is 4.10. The molecule has 2 fully saturated rings. The number of hydrogen-bond acceptors (Lipinski definition) is 7. The van der Waals surface area contributed by atoms with Crippen LogP contribution in [0.3, 0.4) is 0 Å². The summed E-state index contributed by atoms with van der Waals surface area (Å²) in [5.74, 6) is 0.304. The molecule has 1 amide bonds. The monoisotopic (exact) mass is 507 g/mol. The molecule has 3 heterocycles. The number of carbonyl (C=O) groups excluding carboxylic acids is 1. The average molecular weight is 508 g/mol. The van der Waals surface area contributed by atoms with Crippen molar-refractivity contribution in [3.8, 4) is 6.01 Å². The van der Waals surface area contributed by atoms with Crippen LogP contribution in [0.5, 0.6) is 6.01 Å². The first kappa shape index (κ1) is 26.2. The molecule has 0 spiro atoms. The summed E-state index contributed by atoms with van der Waals surface area (Å²) in [5.41, 5.74) is 6.92. The fraction of sp³-hybridized carbons (Fsp3) is 0.560. The minimum absolute atomic E-state index is 0.0901. The van der Waals surface area contributed by atoms with E-state index in [1.165, 1.54) is 19.2 Å². The van der Waals surface area contributed by atoms with Crippen LogP contribution >= 0.6 is 0 Å². The lowest BCUT2D eigenvalue weighted by Gasteiger charge is -2.31. The molecule has 2 aromatic rings. The van der Waals surface area contributed by atoms with Gasteiger partial charge in [-0.1, -0.05) is 12.1 Å². The number of methoxy groups -OCH3 is 1. The van der Waals surface area contributed by atoms with Gasteiger partial charge in [-0.15, -0.1) is 0 Å². The Morgan fingerprint density at radius 1 is 1.17 bits per heavy atom. The van der Waals surface area contributed by atoms with E-state index in [-0.39, 0.29) is 35.9 Å². The van der Waals surface area contributed by atoms with Crippen LogP contribution in [0, 0.1) is 6.92 Å². The van der Waals surface area contributed by atoms with Crippen molar-refractivity contribution in [2.24, 2.45) is 5.73 Å². The molecule has 2 saturated heterocycles. The topological polar surface area (TPSA) is 103 Å². The van der Waals surface area contributed by atoms with Crippen molar-refractivity contribution < 1.29 is 27.4 Å². The molecule has 2 aliphatic heterocycles. The molecule has 1 aromatic heterocycles. The number of benzene rings is 1. The molecule has 196 valence electrons. The Bertz CT molecular complexity index is 1060. The summed E-state index contributed by atoms with van der Waals surface area (Å²) in [7, 11) is 1.45. The van der Waals surface area contributed by atoms with Gasteiger partial charge in [0.25, 0.3) is 5.91 Å². The van der Waals surface area contributed by atoms with E-state index in [4.69, 9.17) is 15.2 Å². The van der Waals surface area contributed by atoms with Gasteiger partial charge < -0.3 is 25.4 Å². The fourth-order valence-electron chi connectivity index (χ4n) is 4.61. The van der Waals surface area contributed by atoms with Gasteiger partial charge >= 0.3 is 12.2 Å². The molecule has 3 N–H and O–H groups in total. The van der Waals surface area contributed by atoms with E-state index >= 15 is 0 Å². The average Bonchev–Trinajstić information content (AvgIpc) is 2.88. The number of nitrogens with one attached hydrogen (secondary N) is 1. The Balaban J connectivity index is 1.43. The molecule has 11 heteroatoms. The van der Waals surface area contributed by atoms with E-state index in [1.807, 2.05) is 0 Å². The first-order valence-corrected chi connectivity index (χ1v) is 12.2. The summed E-state index contributed by atoms with van der Waals surface area (Å²) >= 11 is 0. The molecule has 4 rings (SSSR count). The summed E-state index contributed by atoms with van der Waals surface area (Å²) in [6.07, 6.45) is -0.911. The third-order valence-corrected chi connectivity index (χ3v) is 6.79. The molecule has 0 aliphatic carbocycles. The van der Waals surface area contributed by atoms with E-state index in [0.29, 0.717) is 31.0 Å². The first-order chi connectivity index (χ1) is 17.2. The Hall–Kier alpha value is -2.92. The van der Waals surface area contributed by atoms with E-state index in [9.17, 15) is 18.0 Å². The van der Waals surface area contributed by atoms with Crippen LogP contribution in [-0.2, 0) is 10.9 Å². The minimum Gasteiger partial charge on any atom is -0.467 e. The number of nitrogens with two attached hydrogens (primary N) is 1. The number of anilines is 1. The lowest BCUT2D eigenvalue weighted by atomic mass is 9.97. The number of alkyl halides is 3. The number of likely N-dealkylation sites (tertiary alicyclic amines) is 1. The van der Waals surface area contributed by atoms with Crippen molar-refractivity contribution >= 4 is 11.7 Å². The van der Waals surface area contributed by atoms with Gasteiger partial charge in [0.2, 0.25) is 0 Å². The van der Waals surface area contributed by atoms with Gasteiger partial charge in [-0.2, -0.15) is 23.1 Å². The number of aromatic nitrogens is 2. The molecule has 0 radical (unpaired) electrons. The third kappa shape index (κ3) is 6.07. The van der Waals surface area contributed by atoms with E-state index in [0.717, 1.165) is 49.8 Å². The molecule has 0 unspecified atom stereocenters. The first-order valence-electron chi connectivity index (χ1n) is 12.2. The normalized spacial score (nSPS) is 21.3. The van der Waals surface area contributed by atoms with Gasteiger partial charge in [0, 0.05) is 31.2 Å². The highest BCUT2D eigenvalue weighted by molar-refractivity contribution is 5.95. The number of hydrogen-bond donors (Lipinski definition) is 2. The molecule has 2 atom stereocenters. The number of piperidine rings is 1. The zero-order valence-corrected chi connectivity index (χ0v) is 20.5. The highest BCUT2D eigenvalue weighted by Crippen LogP contribution is 2.34. The molecule has 1 aromatic carbocycles. The minimum atomic E-state index is -4.37. The number of ether oxygens (including phenoxy) is 2. The van der Waals surface area contributed by atoms with Crippen LogP contribution in [0.15, 0.2) is 24.3 Å². The van der Waals surface area contributed by atoms with E-state index in [2.05, 4.69) is 15.3 Å². The molecular formula is C25H32F3N5O3. The second-order valence-electron chi connectivity index (χ2n) is 9.34. The van der Waals surface area contributed by atoms with E-state index < -0.39 is 11.7 Å². The highest BCUT2D eigenvalue weighted by atomic mass is 19.4. The zero-order valence-electron chi connectivity index (χ0n) is 20.5. The quantitative estimate of drug-likeness (QED) is 0.607. The van der Waals surface area contributed by atoms with Gasteiger partial charge in [-0.05, 0) is 56.7 Å². The van der Waals surface area contributed by atoms with Gasteiger partial charge in [0.1, 0.15) is 11.5 Å². The maximum Gasteiger partial charge on any atom is 0.416 e. The molecule has 0 bridgehead atoms. The van der Waals surface area contributed by atoms with Crippen LogP contribution in [0.2, 0.25) is 0 Å². The van der Waals surface area contributed by atoms with Crippen LogP contribution in [-0.4, -0.2) is 59.7 Å². The fourth-order valence-corrected chi connectivity index (χ4v) is 4.61. The number of rotatable bonds is 6. The van der Waals surface area contributed by atoms with Crippen molar-refractivity contribution in [2.45, 2.75) is 63.5 Å². The van der Waals surface area contributed by atoms with Crippen molar-refractivity contribution in [3.05, 3.63) is 46.6 Å². The maximum absolute atomic E-state index is 13.2. The maximum atomic E-state index is 13.2. The van der Waals surface area contributed by atoms with Crippen LogP contribution in [0.1, 0.15) is 65.4 Å². The standard InChI is InChI=1S/C25H32F3N5O3/c1-15-21(23(34)33-12-10-18(29)11-13-33)31-24(35-2)32-22(15)30-14-19-4-3-5-20(36-19)16-6-8-17(9-7-16)25(26,27)28/h6-9,18-20H,3-5,10-14,29H2,1-2H3,(H,30,31,32)/t19-,20+/m1/s1. The Labute approximate surface area is 208 Å². The lowest BCUT2D eigenvalue weighted by Crippen LogP contribution is -2.43. The van der Waals surface area contributed by atoms with Crippen molar-refractivity contribution in [1.29, 1.82) is 0 Å². The largest absolute Gasteiger partial charge is 0.467 e. The summed E-state index contributed by atoms with van der Waals surface area (Å²) < 4.78 is 50.1. The number of carbonyl (C=O) groups is 1. The summed E-state index contributed by atoms with van der Waals surface area (Å²) in [6.45, 7) is 3.37. The van der Waals surface area contributed by atoms with Crippen LogP contribution in [0.25, 0.3) is 0 Å². The molecule has 8 nitrogen and oxygen atoms in total. The highest BCUT2D eigenvalue weighted by Gasteiger charge is 2.31. The predicted molar refractivity (Wildman–Crippen MR) is 128 cm³/mol. The Kier molecular flexibility index (Phi) is 7.99. The number of amides is 1. The van der Waals surface area contributed by atoms with Crippen LogP contribution < -0.4 is 15.8 Å². The van der Waals surface area contributed by atoms with Gasteiger partial charge in [-0.25, -0.2) is 0 Å². The summed E-state index contributed by atoms with van der Waals surface area (Å²) in [5, 5.41) is 3.27. The molecule has 0 saturated carbocycles.